The zero-order chi connectivity index (χ0) is 23.8. The third kappa shape index (κ3) is 4.27. The monoisotopic (exact) mass is 478 g/mol. The molecular weight excluding hydrogens is 455 g/mol. The van der Waals surface area contributed by atoms with Crippen LogP contribution in [0.25, 0.3) is 6.08 Å². The minimum Gasteiger partial charge on any atom is -0.507 e. The molecule has 7 heteroatoms. The van der Waals surface area contributed by atoms with Gasteiger partial charge in [-0.25, -0.2) is 4.39 Å². The lowest BCUT2D eigenvalue weighted by atomic mass is 9.99. The van der Waals surface area contributed by atoms with E-state index < -0.39 is 0 Å². The first kappa shape index (κ1) is 22.4. The summed E-state index contributed by atoms with van der Waals surface area (Å²) < 4.78 is 20.2. The molecule has 2 heterocycles. The molecule has 0 atom stereocenters. The number of phenols is 1. The maximum Gasteiger partial charge on any atom is 0.232 e. The number of carbonyl (C=O) groups excluding carboxylic acids is 1. The summed E-state index contributed by atoms with van der Waals surface area (Å²) in [6.07, 6.45) is 1.67. The Morgan fingerprint density at radius 3 is 2.59 bits per heavy atom. The highest BCUT2D eigenvalue weighted by Crippen LogP contribution is 2.42. The van der Waals surface area contributed by atoms with E-state index in [1.165, 1.54) is 6.07 Å². The van der Waals surface area contributed by atoms with Crippen molar-refractivity contribution in [3.63, 3.8) is 0 Å². The van der Waals surface area contributed by atoms with Gasteiger partial charge in [-0.05, 0) is 54.5 Å². The van der Waals surface area contributed by atoms with Crippen LogP contribution in [0.2, 0.25) is 5.02 Å². The lowest BCUT2D eigenvalue weighted by Gasteiger charge is -2.36. The maximum absolute atomic E-state index is 14.2. The van der Waals surface area contributed by atoms with Gasteiger partial charge < -0.3 is 14.7 Å². The lowest BCUT2D eigenvalue weighted by molar-refractivity contribution is 0.101. The molecule has 1 saturated heterocycles. The number of hydrogen-bond donors (Lipinski definition) is 1. The molecule has 0 spiro atoms. The summed E-state index contributed by atoms with van der Waals surface area (Å²) in [4.78, 5) is 17.3. The normalized spacial score (nSPS) is 17.2. The fraction of sp³-hybridized carbons (Fsp3) is 0.222. The molecule has 1 fully saturated rings. The van der Waals surface area contributed by atoms with E-state index in [2.05, 4.69) is 4.90 Å². The number of carbonyl (C=O) groups is 1. The number of piperazine rings is 1. The predicted octanol–water partition coefficient (Wildman–Crippen LogP) is 5.43. The van der Waals surface area contributed by atoms with Crippen LogP contribution in [0.3, 0.4) is 0 Å². The average Bonchev–Trinajstić information content (AvgIpc) is 3.14. The number of aryl methyl sites for hydroxylation is 1. The first-order valence-corrected chi connectivity index (χ1v) is 11.6. The van der Waals surface area contributed by atoms with Crippen molar-refractivity contribution < 1.29 is 19.0 Å². The van der Waals surface area contributed by atoms with E-state index in [9.17, 15) is 14.3 Å². The van der Waals surface area contributed by atoms with Gasteiger partial charge in [0.2, 0.25) is 5.78 Å². The van der Waals surface area contributed by atoms with Crippen molar-refractivity contribution in [1.82, 2.24) is 4.90 Å². The highest BCUT2D eigenvalue weighted by Gasteiger charge is 2.34. The summed E-state index contributed by atoms with van der Waals surface area (Å²) in [5, 5.41) is 11.3. The van der Waals surface area contributed by atoms with E-state index in [0.29, 0.717) is 65.9 Å². The van der Waals surface area contributed by atoms with Gasteiger partial charge in [0.05, 0.1) is 16.8 Å². The fourth-order valence-electron chi connectivity index (χ4n) is 4.56. The Labute approximate surface area is 202 Å². The second-order valence-corrected chi connectivity index (χ2v) is 9.04. The number of nitrogens with zero attached hydrogens (tertiary/aromatic N) is 2. The Bertz CT molecular complexity index is 1300. The molecule has 0 amide bonds. The van der Waals surface area contributed by atoms with E-state index in [-0.39, 0.29) is 23.1 Å². The molecule has 5 nitrogen and oxygen atoms in total. The standard InChI is InChI=1S/C27H24ClFN2O3/c1-17-13-23(32)20(16-30-9-11-31(12-10-30)22-8-3-2-7-21(22)29)27-25(17)26(33)24(34-27)15-18-5-4-6-19(28)14-18/h2-8,13-15,32H,9-12,16H2,1H3/b24-15-. The van der Waals surface area contributed by atoms with Crippen molar-refractivity contribution in [3.8, 4) is 11.5 Å². The van der Waals surface area contributed by atoms with Crippen LogP contribution in [0.1, 0.15) is 27.0 Å². The van der Waals surface area contributed by atoms with Crippen molar-refractivity contribution in [3.05, 3.63) is 93.5 Å². The Morgan fingerprint density at radius 2 is 1.85 bits per heavy atom. The summed E-state index contributed by atoms with van der Waals surface area (Å²) in [6, 6.07) is 15.6. The van der Waals surface area contributed by atoms with E-state index in [1.54, 1.807) is 43.3 Å². The van der Waals surface area contributed by atoms with Crippen LogP contribution in [-0.4, -0.2) is 42.0 Å². The molecule has 0 aliphatic carbocycles. The number of anilines is 1. The highest BCUT2D eigenvalue weighted by molar-refractivity contribution is 6.30. The van der Waals surface area contributed by atoms with Gasteiger partial charge in [-0.3, -0.25) is 9.69 Å². The van der Waals surface area contributed by atoms with Crippen molar-refractivity contribution >= 4 is 29.1 Å². The maximum atomic E-state index is 14.2. The molecule has 0 aromatic heterocycles. The van der Waals surface area contributed by atoms with Crippen LogP contribution in [0.5, 0.6) is 11.5 Å². The van der Waals surface area contributed by atoms with Crippen LogP contribution in [0, 0.1) is 12.7 Å². The molecule has 0 bridgehead atoms. The van der Waals surface area contributed by atoms with Crippen LogP contribution in [0.4, 0.5) is 10.1 Å². The topological polar surface area (TPSA) is 53.0 Å². The van der Waals surface area contributed by atoms with Crippen molar-refractivity contribution in [2.24, 2.45) is 0 Å². The van der Waals surface area contributed by atoms with Gasteiger partial charge in [0.1, 0.15) is 17.3 Å². The second kappa shape index (κ2) is 9.12. The van der Waals surface area contributed by atoms with Gasteiger partial charge in [0.25, 0.3) is 0 Å². The number of halogens is 2. The molecule has 5 rings (SSSR count). The van der Waals surface area contributed by atoms with Crippen LogP contribution >= 0.6 is 11.6 Å². The van der Waals surface area contributed by atoms with Gasteiger partial charge in [-0.1, -0.05) is 35.9 Å². The number of ether oxygens (including phenoxy) is 1. The van der Waals surface area contributed by atoms with E-state index in [4.69, 9.17) is 16.3 Å². The van der Waals surface area contributed by atoms with E-state index >= 15 is 0 Å². The fourth-order valence-corrected chi connectivity index (χ4v) is 4.76. The number of phenolic OH excluding ortho intramolecular Hbond substituents is 1. The Kier molecular flexibility index (Phi) is 6.02. The molecule has 3 aromatic rings. The lowest BCUT2D eigenvalue weighted by Crippen LogP contribution is -2.46. The summed E-state index contributed by atoms with van der Waals surface area (Å²) in [6.45, 7) is 4.92. The molecule has 174 valence electrons. The van der Waals surface area contributed by atoms with Crippen LogP contribution in [0.15, 0.2) is 60.4 Å². The molecule has 0 saturated carbocycles. The van der Waals surface area contributed by atoms with Gasteiger partial charge in [0, 0.05) is 37.7 Å². The molecular formula is C27H24ClFN2O3. The van der Waals surface area contributed by atoms with E-state index in [0.717, 1.165) is 5.56 Å². The molecule has 0 radical (unpaired) electrons. The molecule has 0 unspecified atom stereocenters. The minimum atomic E-state index is -0.226. The Hall–Kier alpha value is -3.35. The quantitative estimate of drug-likeness (QED) is 0.507. The van der Waals surface area contributed by atoms with Gasteiger partial charge >= 0.3 is 0 Å². The summed E-state index contributed by atoms with van der Waals surface area (Å²) >= 11 is 6.08. The number of hydrogen-bond acceptors (Lipinski definition) is 5. The third-order valence-electron chi connectivity index (χ3n) is 6.31. The minimum absolute atomic E-state index is 0.101. The summed E-state index contributed by atoms with van der Waals surface area (Å²) in [7, 11) is 0. The number of rotatable bonds is 4. The van der Waals surface area contributed by atoms with E-state index in [1.807, 2.05) is 23.1 Å². The largest absolute Gasteiger partial charge is 0.507 e. The third-order valence-corrected chi connectivity index (χ3v) is 6.55. The molecule has 3 aromatic carbocycles. The first-order chi connectivity index (χ1) is 16.4. The number of Topliss-reactive ketones (excluding diaryl/α,β-unsaturated/α-hetero) is 1. The van der Waals surface area contributed by atoms with Crippen molar-refractivity contribution in [1.29, 1.82) is 0 Å². The van der Waals surface area contributed by atoms with Crippen molar-refractivity contribution in [2.45, 2.75) is 13.5 Å². The van der Waals surface area contributed by atoms with Crippen molar-refractivity contribution in [2.75, 3.05) is 31.1 Å². The van der Waals surface area contributed by atoms with Gasteiger partial charge in [-0.2, -0.15) is 0 Å². The number of aromatic hydroxyl groups is 1. The second-order valence-electron chi connectivity index (χ2n) is 8.60. The molecule has 2 aliphatic rings. The van der Waals surface area contributed by atoms with Gasteiger partial charge in [0.15, 0.2) is 5.76 Å². The molecule has 34 heavy (non-hydrogen) atoms. The molecule has 2 aliphatic heterocycles. The highest BCUT2D eigenvalue weighted by atomic mass is 35.5. The number of allylic oxidation sites excluding steroid dienone is 1. The number of fused-ring (bicyclic) bond motifs is 1. The summed E-state index contributed by atoms with van der Waals surface area (Å²) in [5.41, 5.74) is 3.09. The zero-order valence-electron chi connectivity index (χ0n) is 18.7. The first-order valence-electron chi connectivity index (χ1n) is 11.2. The Morgan fingerprint density at radius 1 is 1.09 bits per heavy atom. The zero-order valence-corrected chi connectivity index (χ0v) is 19.5. The van der Waals surface area contributed by atoms with Gasteiger partial charge in [-0.15, -0.1) is 0 Å². The average molecular weight is 479 g/mol. The van der Waals surface area contributed by atoms with Crippen LogP contribution in [-0.2, 0) is 6.54 Å². The molecule has 1 N–H and O–H groups in total. The van der Waals surface area contributed by atoms with Crippen LogP contribution < -0.4 is 9.64 Å². The predicted molar refractivity (Wildman–Crippen MR) is 131 cm³/mol. The SMILES string of the molecule is Cc1cc(O)c(CN2CCN(c3ccccc3F)CC2)c2c1C(=O)/C(=C/c1cccc(Cl)c1)O2. The number of ketones is 1. The Balaban J connectivity index is 1.37. The number of para-hydroxylation sites is 1. The number of benzene rings is 3. The summed E-state index contributed by atoms with van der Waals surface area (Å²) in [5.74, 6) is 0.280. The smallest absolute Gasteiger partial charge is 0.232 e.